The summed E-state index contributed by atoms with van der Waals surface area (Å²) >= 11 is 1.53. The quantitative estimate of drug-likeness (QED) is 0.771. The summed E-state index contributed by atoms with van der Waals surface area (Å²) in [6, 6.07) is 5.26. The number of imidazole rings is 1. The number of rotatable bonds is 4. The average Bonchev–Trinajstić information content (AvgIpc) is 3.09. The van der Waals surface area contributed by atoms with Crippen molar-refractivity contribution >= 4 is 33.8 Å². The predicted octanol–water partition coefficient (Wildman–Crippen LogP) is 2.25. The molecule has 2 heterocycles. The lowest BCUT2D eigenvalue weighted by molar-refractivity contribution is -0.115. The lowest BCUT2D eigenvalue weighted by atomic mass is 10.1. The van der Waals surface area contributed by atoms with Crippen LogP contribution >= 0.6 is 11.3 Å². The third kappa shape index (κ3) is 3.09. The Kier molecular flexibility index (Phi) is 4.12. The van der Waals surface area contributed by atoms with Gasteiger partial charge in [-0.15, -0.1) is 11.3 Å². The van der Waals surface area contributed by atoms with Gasteiger partial charge in [-0.2, -0.15) is 0 Å². The first-order valence-electron chi connectivity index (χ1n) is 7.11. The summed E-state index contributed by atoms with van der Waals surface area (Å²) in [5.41, 5.74) is 2.64. The molecule has 0 aliphatic rings. The first kappa shape index (κ1) is 15.2. The molecule has 118 valence electrons. The Hall–Kier alpha value is -2.67. The van der Waals surface area contributed by atoms with Crippen LogP contribution in [0.3, 0.4) is 0 Å². The fourth-order valence-electron chi connectivity index (χ4n) is 2.37. The summed E-state index contributed by atoms with van der Waals surface area (Å²) in [7, 11) is 1.58. The van der Waals surface area contributed by atoms with Gasteiger partial charge < -0.3 is 10.6 Å². The number of anilines is 1. The molecule has 0 bridgehead atoms. The standard InChI is InChI=1S/C16H16N4O2S/c1-10-12(15(22)17-2)4-3-5-13(10)19-14(21)8-11-9-20-6-7-23-16(20)18-11/h3-7,9H,8H2,1-2H3,(H,17,22)(H,19,21). The monoisotopic (exact) mass is 328 g/mol. The van der Waals surface area contributed by atoms with Crippen molar-refractivity contribution in [3.8, 4) is 0 Å². The van der Waals surface area contributed by atoms with Gasteiger partial charge in [0, 0.05) is 36.1 Å². The SMILES string of the molecule is CNC(=O)c1cccc(NC(=O)Cc2cn3ccsc3n2)c1C. The van der Waals surface area contributed by atoms with Crippen LogP contribution in [-0.2, 0) is 11.2 Å². The van der Waals surface area contributed by atoms with Crippen LogP contribution in [0.15, 0.2) is 36.0 Å². The van der Waals surface area contributed by atoms with Crippen LogP contribution in [-0.4, -0.2) is 28.2 Å². The van der Waals surface area contributed by atoms with Crippen molar-refractivity contribution in [2.24, 2.45) is 0 Å². The number of hydrogen-bond acceptors (Lipinski definition) is 4. The first-order valence-corrected chi connectivity index (χ1v) is 7.99. The Labute approximate surface area is 137 Å². The van der Waals surface area contributed by atoms with Crippen LogP contribution in [0.5, 0.6) is 0 Å². The zero-order valence-corrected chi connectivity index (χ0v) is 13.6. The summed E-state index contributed by atoms with van der Waals surface area (Å²) in [6.07, 6.45) is 3.95. The molecule has 2 amide bonds. The van der Waals surface area contributed by atoms with E-state index in [1.165, 1.54) is 11.3 Å². The van der Waals surface area contributed by atoms with Gasteiger partial charge in [0.25, 0.3) is 5.91 Å². The average molecular weight is 328 g/mol. The van der Waals surface area contributed by atoms with Crippen molar-refractivity contribution in [2.75, 3.05) is 12.4 Å². The lowest BCUT2D eigenvalue weighted by Crippen LogP contribution is -2.21. The van der Waals surface area contributed by atoms with Gasteiger partial charge in [0.2, 0.25) is 5.91 Å². The Balaban J connectivity index is 1.75. The smallest absolute Gasteiger partial charge is 0.251 e. The molecule has 3 rings (SSSR count). The minimum absolute atomic E-state index is 0.159. The van der Waals surface area contributed by atoms with Gasteiger partial charge in [-0.3, -0.25) is 14.0 Å². The van der Waals surface area contributed by atoms with Gasteiger partial charge in [0.1, 0.15) is 0 Å². The second-order valence-electron chi connectivity index (χ2n) is 5.11. The zero-order valence-electron chi connectivity index (χ0n) is 12.8. The molecule has 0 aliphatic carbocycles. The molecule has 0 saturated carbocycles. The van der Waals surface area contributed by atoms with E-state index in [1.807, 2.05) is 29.1 Å². The molecule has 3 aromatic rings. The molecule has 0 fully saturated rings. The van der Waals surface area contributed by atoms with Crippen molar-refractivity contribution in [3.05, 3.63) is 52.8 Å². The summed E-state index contributed by atoms with van der Waals surface area (Å²) < 4.78 is 1.89. The number of benzene rings is 1. The molecule has 0 radical (unpaired) electrons. The first-order chi connectivity index (χ1) is 11.1. The molecular formula is C16H16N4O2S. The van der Waals surface area contributed by atoms with Crippen LogP contribution < -0.4 is 10.6 Å². The molecule has 0 atom stereocenters. The van der Waals surface area contributed by atoms with E-state index in [0.717, 1.165) is 16.2 Å². The number of aromatic nitrogens is 2. The molecule has 7 heteroatoms. The van der Waals surface area contributed by atoms with Gasteiger partial charge >= 0.3 is 0 Å². The molecule has 2 aromatic heterocycles. The Morgan fingerprint density at radius 1 is 1.35 bits per heavy atom. The molecule has 2 N–H and O–H groups in total. The fraction of sp³-hybridized carbons (Fsp3) is 0.188. The Morgan fingerprint density at radius 3 is 2.91 bits per heavy atom. The number of nitrogens with zero attached hydrogens (tertiary/aromatic N) is 2. The predicted molar refractivity (Wildman–Crippen MR) is 90.0 cm³/mol. The number of carbonyl (C=O) groups excluding carboxylic acids is 2. The van der Waals surface area contributed by atoms with E-state index in [1.54, 1.807) is 25.2 Å². The molecule has 6 nitrogen and oxygen atoms in total. The molecular weight excluding hydrogens is 312 g/mol. The third-order valence-electron chi connectivity index (χ3n) is 3.56. The van der Waals surface area contributed by atoms with Gasteiger partial charge in [-0.25, -0.2) is 4.98 Å². The van der Waals surface area contributed by atoms with Gasteiger partial charge in [0.05, 0.1) is 12.1 Å². The number of amides is 2. The van der Waals surface area contributed by atoms with Gasteiger partial charge in [-0.05, 0) is 24.6 Å². The largest absolute Gasteiger partial charge is 0.355 e. The Bertz CT molecular complexity index is 853. The van der Waals surface area contributed by atoms with Crippen molar-refractivity contribution in [3.63, 3.8) is 0 Å². The van der Waals surface area contributed by atoms with Crippen LogP contribution in [0.4, 0.5) is 5.69 Å². The maximum absolute atomic E-state index is 12.2. The number of fused-ring (bicyclic) bond motifs is 1. The third-order valence-corrected chi connectivity index (χ3v) is 4.34. The van der Waals surface area contributed by atoms with Crippen molar-refractivity contribution in [2.45, 2.75) is 13.3 Å². The Morgan fingerprint density at radius 2 is 2.17 bits per heavy atom. The lowest BCUT2D eigenvalue weighted by Gasteiger charge is -2.11. The van der Waals surface area contributed by atoms with Gasteiger partial charge in [-0.1, -0.05) is 6.07 Å². The highest BCUT2D eigenvalue weighted by molar-refractivity contribution is 7.15. The van der Waals surface area contributed by atoms with Crippen LogP contribution in [0.2, 0.25) is 0 Å². The number of thiazole rings is 1. The van der Waals surface area contributed by atoms with E-state index in [2.05, 4.69) is 15.6 Å². The molecule has 0 aliphatic heterocycles. The molecule has 23 heavy (non-hydrogen) atoms. The highest BCUT2D eigenvalue weighted by atomic mass is 32.1. The minimum Gasteiger partial charge on any atom is -0.355 e. The van der Waals surface area contributed by atoms with E-state index in [0.29, 0.717) is 11.3 Å². The van der Waals surface area contributed by atoms with E-state index in [4.69, 9.17) is 0 Å². The summed E-state index contributed by atoms with van der Waals surface area (Å²) in [6.45, 7) is 1.81. The van der Waals surface area contributed by atoms with Crippen molar-refractivity contribution < 1.29 is 9.59 Å². The molecule has 1 aromatic carbocycles. The van der Waals surface area contributed by atoms with Crippen molar-refractivity contribution in [1.82, 2.24) is 14.7 Å². The number of nitrogens with one attached hydrogen (secondary N) is 2. The highest BCUT2D eigenvalue weighted by Crippen LogP contribution is 2.19. The zero-order chi connectivity index (χ0) is 16.4. The molecule has 0 unspecified atom stereocenters. The molecule has 0 saturated heterocycles. The maximum atomic E-state index is 12.2. The number of hydrogen-bond donors (Lipinski definition) is 2. The van der Waals surface area contributed by atoms with Crippen molar-refractivity contribution in [1.29, 1.82) is 0 Å². The van der Waals surface area contributed by atoms with E-state index >= 15 is 0 Å². The minimum atomic E-state index is -0.173. The summed E-state index contributed by atoms with van der Waals surface area (Å²) in [5.74, 6) is -0.333. The molecule has 0 spiro atoms. The maximum Gasteiger partial charge on any atom is 0.251 e. The van der Waals surface area contributed by atoms with Crippen LogP contribution in [0.25, 0.3) is 4.96 Å². The van der Waals surface area contributed by atoms with E-state index < -0.39 is 0 Å². The normalized spacial score (nSPS) is 10.7. The second kappa shape index (κ2) is 6.21. The van der Waals surface area contributed by atoms with Crippen LogP contribution in [0, 0.1) is 6.92 Å². The van der Waals surface area contributed by atoms with E-state index in [9.17, 15) is 9.59 Å². The summed E-state index contributed by atoms with van der Waals surface area (Å²) in [5, 5.41) is 7.39. The topological polar surface area (TPSA) is 75.5 Å². The van der Waals surface area contributed by atoms with E-state index in [-0.39, 0.29) is 18.2 Å². The van der Waals surface area contributed by atoms with Gasteiger partial charge in [0.15, 0.2) is 4.96 Å². The fourth-order valence-corrected chi connectivity index (χ4v) is 3.09. The van der Waals surface area contributed by atoms with Crippen LogP contribution in [0.1, 0.15) is 21.6 Å². The summed E-state index contributed by atoms with van der Waals surface area (Å²) in [4.78, 5) is 29.3. The number of carbonyl (C=O) groups is 2. The highest BCUT2D eigenvalue weighted by Gasteiger charge is 2.13. The second-order valence-corrected chi connectivity index (χ2v) is 5.98.